The summed E-state index contributed by atoms with van der Waals surface area (Å²) in [4.78, 5) is 27.4. The van der Waals surface area contributed by atoms with Gasteiger partial charge in [0.1, 0.15) is 6.61 Å². The Labute approximate surface area is 187 Å². The topological polar surface area (TPSA) is 77.6 Å². The predicted octanol–water partition coefficient (Wildman–Crippen LogP) is 5.04. The Kier molecular flexibility index (Phi) is 7.03. The van der Waals surface area contributed by atoms with Gasteiger partial charge in [0.25, 0.3) is 0 Å². The van der Waals surface area contributed by atoms with E-state index in [1.807, 2.05) is 80.1 Å². The van der Waals surface area contributed by atoms with E-state index in [9.17, 15) is 9.59 Å². The third kappa shape index (κ3) is 4.92. The van der Waals surface area contributed by atoms with Gasteiger partial charge in [-0.05, 0) is 42.7 Å². The van der Waals surface area contributed by atoms with Crippen LogP contribution in [-0.2, 0) is 23.2 Å². The number of carbonyl (C=O) groups excluding carboxylic acids is 2. The molecule has 31 heavy (non-hydrogen) atoms. The van der Waals surface area contributed by atoms with Gasteiger partial charge in [0.2, 0.25) is 5.91 Å². The Balaban J connectivity index is 1.94. The lowest BCUT2D eigenvalue weighted by Gasteiger charge is -2.30. The van der Waals surface area contributed by atoms with E-state index in [-0.39, 0.29) is 12.5 Å². The van der Waals surface area contributed by atoms with Crippen LogP contribution in [0.5, 0.6) is 0 Å². The van der Waals surface area contributed by atoms with Gasteiger partial charge < -0.3 is 15.0 Å². The molecule has 2 atom stereocenters. The second kappa shape index (κ2) is 9.54. The Morgan fingerprint density at radius 2 is 1.77 bits per heavy atom. The van der Waals surface area contributed by atoms with Gasteiger partial charge in [-0.25, -0.2) is 9.69 Å². The van der Waals surface area contributed by atoms with E-state index in [1.165, 1.54) is 0 Å². The number of benzene rings is 2. The maximum Gasteiger partial charge on any atom is 0.417 e. The van der Waals surface area contributed by atoms with Crippen molar-refractivity contribution < 1.29 is 14.3 Å². The smallest absolute Gasteiger partial charge is 0.417 e. The quantitative estimate of drug-likeness (QED) is 0.581. The predicted molar refractivity (Wildman–Crippen MR) is 123 cm³/mol. The molecule has 0 saturated carbocycles. The fourth-order valence-corrected chi connectivity index (χ4v) is 3.73. The number of amides is 2. The van der Waals surface area contributed by atoms with Crippen LogP contribution in [0, 0.1) is 5.92 Å². The van der Waals surface area contributed by atoms with Crippen LogP contribution in [0.3, 0.4) is 0 Å². The van der Waals surface area contributed by atoms with Gasteiger partial charge in [0, 0.05) is 28.7 Å². The fraction of sp³-hybridized carbons (Fsp3) is 0.333. The van der Waals surface area contributed by atoms with Gasteiger partial charge in [0.15, 0.2) is 0 Å². The Morgan fingerprint density at radius 3 is 2.42 bits per heavy atom. The lowest BCUT2D eigenvalue weighted by Crippen LogP contribution is -2.50. The minimum Gasteiger partial charge on any atom is -0.444 e. The van der Waals surface area contributed by atoms with Crippen LogP contribution in [0.1, 0.15) is 38.1 Å². The van der Waals surface area contributed by atoms with Gasteiger partial charge in [-0.2, -0.15) is 0 Å². The number of fused-ring (bicyclic) bond motifs is 1. The molecule has 0 fully saturated rings. The lowest BCUT2D eigenvalue weighted by molar-refractivity contribution is -0.134. The monoisotopic (exact) mass is 441 g/mol. The Bertz CT molecular complexity index is 1080. The number of halogens is 1. The first-order valence-electron chi connectivity index (χ1n) is 10.2. The van der Waals surface area contributed by atoms with Crippen LogP contribution < -0.4 is 5.73 Å². The average Bonchev–Trinajstić information content (AvgIpc) is 3.07. The van der Waals surface area contributed by atoms with Crippen molar-refractivity contribution in [1.82, 2.24) is 9.47 Å². The van der Waals surface area contributed by atoms with Crippen molar-refractivity contribution in [3.63, 3.8) is 0 Å². The van der Waals surface area contributed by atoms with Gasteiger partial charge in [0.05, 0.1) is 12.1 Å². The first-order chi connectivity index (χ1) is 14.7. The molecule has 0 aliphatic rings. The molecule has 2 amide bonds. The van der Waals surface area contributed by atoms with Crippen molar-refractivity contribution >= 4 is 34.5 Å². The maximum absolute atomic E-state index is 13.2. The molecule has 6 nitrogen and oxygen atoms in total. The SMILES string of the molecule is CC(C)[C@H](N)C(=O)N(C(=O)OCc1ccccc1)C(C)c1cc2cc(Cl)ccc2n1C. The molecule has 2 N–H and O–H groups in total. The summed E-state index contributed by atoms with van der Waals surface area (Å²) in [5, 5.41) is 1.55. The Morgan fingerprint density at radius 1 is 1.10 bits per heavy atom. The number of nitrogens with two attached hydrogens (primary N) is 1. The van der Waals surface area contributed by atoms with E-state index in [0.29, 0.717) is 5.02 Å². The summed E-state index contributed by atoms with van der Waals surface area (Å²) in [6.07, 6.45) is -0.722. The minimum atomic E-state index is -0.823. The van der Waals surface area contributed by atoms with Gasteiger partial charge >= 0.3 is 6.09 Å². The maximum atomic E-state index is 13.2. The molecule has 1 aromatic heterocycles. The number of ether oxygens (including phenoxy) is 1. The zero-order valence-corrected chi connectivity index (χ0v) is 19.0. The molecular weight excluding hydrogens is 414 g/mol. The van der Waals surface area contributed by atoms with E-state index in [1.54, 1.807) is 6.92 Å². The summed E-state index contributed by atoms with van der Waals surface area (Å²) < 4.78 is 7.44. The highest BCUT2D eigenvalue weighted by Crippen LogP contribution is 2.30. The highest BCUT2D eigenvalue weighted by molar-refractivity contribution is 6.31. The second-order valence-electron chi connectivity index (χ2n) is 8.03. The third-order valence-corrected chi connectivity index (χ3v) is 5.73. The molecule has 1 heterocycles. The summed E-state index contributed by atoms with van der Waals surface area (Å²) >= 11 is 6.13. The minimum absolute atomic E-state index is 0.0673. The molecule has 0 aliphatic carbocycles. The first kappa shape index (κ1) is 22.8. The van der Waals surface area contributed by atoms with Gasteiger partial charge in [-0.1, -0.05) is 55.8 Å². The van der Waals surface area contributed by atoms with Gasteiger partial charge in [-0.3, -0.25) is 4.79 Å². The van der Waals surface area contributed by atoms with Crippen molar-refractivity contribution in [1.29, 1.82) is 0 Å². The Hall–Kier alpha value is -2.83. The van der Waals surface area contributed by atoms with E-state index in [4.69, 9.17) is 22.1 Å². The molecule has 1 unspecified atom stereocenters. The number of aromatic nitrogens is 1. The summed E-state index contributed by atoms with van der Waals surface area (Å²) in [7, 11) is 1.89. The normalized spacial score (nSPS) is 13.3. The van der Waals surface area contributed by atoms with E-state index >= 15 is 0 Å². The zero-order chi connectivity index (χ0) is 22.7. The number of rotatable bonds is 6. The van der Waals surface area contributed by atoms with Crippen molar-refractivity contribution in [2.75, 3.05) is 0 Å². The van der Waals surface area contributed by atoms with Crippen LogP contribution >= 0.6 is 11.6 Å². The molecule has 164 valence electrons. The molecule has 3 rings (SSSR count). The summed E-state index contributed by atoms with van der Waals surface area (Å²) in [6.45, 7) is 5.56. The molecule has 0 aliphatic heterocycles. The highest BCUT2D eigenvalue weighted by Gasteiger charge is 2.35. The van der Waals surface area contributed by atoms with E-state index in [0.717, 1.165) is 27.1 Å². The molecule has 0 spiro atoms. The summed E-state index contributed by atoms with van der Waals surface area (Å²) in [5.74, 6) is -0.598. The van der Waals surface area contributed by atoms with Gasteiger partial charge in [-0.15, -0.1) is 0 Å². The molecular formula is C24H28ClN3O3. The van der Waals surface area contributed by atoms with E-state index in [2.05, 4.69) is 0 Å². The zero-order valence-electron chi connectivity index (χ0n) is 18.2. The molecule has 0 radical (unpaired) electrons. The first-order valence-corrected chi connectivity index (χ1v) is 10.6. The van der Waals surface area contributed by atoms with E-state index < -0.39 is 24.1 Å². The van der Waals surface area contributed by atoms with Crippen molar-refractivity contribution in [2.45, 2.75) is 39.5 Å². The van der Waals surface area contributed by atoms with Crippen molar-refractivity contribution in [3.8, 4) is 0 Å². The number of hydrogen-bond donors (Lipinski definition) is 1. The molecule has 0 bridgehead atoms. The largest absolute Gasteiger partial charge is 0.444 e. The standard InChI is InChI=1S/C24H28ClN3O3/c1-15(2)22(26)23(29)28(24(30)31-14-17-8-6-5-7-9-17)16(3)21-13-18-12-19(25)10-11-20(18)27(21)4/h5-13,15-16,22H,14,26H2,1-4H3/t16?,22-/m0/s1. The van der Waals surface area contributed by atoms with Crippen LogP contribution in [0.15, 0.2) is 54.6 Å². The summed E-state index contributed by atoms with van der Waals surface area (Å²) in [6, 6.07) is 15.4. The number of hydrogen-bond acceptors (Lipinski definition) is 4. The number of nitrogens with zero attached hydrogens (tertiary/aromatic N) is 2. The number of carbonyl (C=O) groups is 2. The molecule has 2 aromatic carbocycles. The van der Waals surface area contributed by atoms with Crippen molar-refractivity contribution in [2.24, 2.45) is 18.7 Å². The lowest BCUT2D eigenvalue weighted by atomic mass is 10.0. The third-order valence-electron chi connectivity index (χ3n) is 5.50. The highest BCUT2D eigenvalue weighted by atomic mass is 35.5. The van der Waals surface area contributed by atoms with Crippen LogP contribution in [0.4, 0.5) is 4.79 Å². The summed E-state index contributed by atoms with van der Waals surface area (Å²) in [5.41, 5.74) is 8.69. The second-order valence-corrected chi connectivity index (χ2v) is 8.46. The number of imide groups is 1. The fourth-order valence-electron chi connectivity index (χ4n) is 3.55. The van der Waals surface area contributed by atoms with Crippen molar-refractivity contribution in [3.05, 3.63) is 70.9 Å². The van der Waals surface area contributed by atoms with Crippen LogP contribution in [-0.4, -0.2) is 27.5 Å². The molecule has 7 heteroatoms. The molecule has 0 saturated heterocycles. The van der Waals surface area contributed by atoms with Crippen LogP contribution in [0.2, 0.25) is 5.02 Å². The average molecular weight is 442 g/mol. The number of aryl methyl sites for hydroxylation is 1. The van der Waals surface area contributed by atoms with Crippen LogP contribution in [0.25, 0.3) is 10.9 Å². The molecule has 3 aromatic rings.